The monoisotopic (exact) mass is 190 g/mol. The number of hydrogen-bond acceptors (Lipinski definition) is 2. The van der Waals surface area contributed by atoms with E-state index in [0.29, 0.717) is 0 Å². The Morgan fingerprint density at radius 3 is 2.71 bits per heavy atom. The summed E-state index contributed by atoms with van der Waals surface area (Å²) in [5, 5.41) is 0. The molecule has 0 spiro atoms. The van der Waals surface area contributed by atoms with Gasteiger partial charge in [0.05, 0.1) is 11.4 Å². The van der Waals surface area contributed by atoms with Crippen molar-refractivity contribution in [3.63, 3.8) is 0 Å². The molecule has 0 aliphatic heterocycles. The van der Waals surface area contributed by atoms with Gasteiger partial charge in [-0.1, -0.05) is 19.8 Å². The molecular formula is C12H18N2. The summed E-state index contributed by atoms with van der Waals surface area (Å²) in [6, 6.07) is 2.13. The van der Waals surface area contributed by atoms with Crippen LogP contribution in [0.3, 0.4) is 0 Å². The number of anilines is 1. The van der Waals surface area contributed by atoms with Crippen molar-refractivity contribution in [1.29, 1.82) is 0 Å². The summed E-state index contributed by atoms with van der Waals surface area (Å²) < 4.78 is 0. The third-order valence-corrected chi connectivity index (χ3v) is 3.19. The van der Waals surface area contributed by atoms with Gasteiger partial charge in [-0.05, 0) is 36.8 Å². The Morgan fingerprint density at radius 2 is 2.14 bits per heavy atom. The number of rotatable bonds is 2. The minimum atomic E-state index is 0.718. The molecule has 2 N–H and O–H groups in total. The van der Waals surface area contributed by atoms with E-state index < -0.39 is 0 Å². The van der Waals surface area contributed by atoms with Crippen LogP contribution < -0.4 is 5.73 Å². The van der Waals surface area contributed by atoms with E-state index in [-0.39, 0.29) is 0 Å². The SMILES string of the molecule is CCc1ncc(C2CCCC2)cc1N. The fourth-order valence-corrected chi connectivity index (χ4v) is 2.30. The van der Waals surface area contributed by atoms with E-state index in [1.54, 1.807) is 0 Å². The largest absolute Gasteiger partial charge is 0.397 e. The van der Waals surface area contributed by atoms with Gasteiger partial charge in [-0.25, -0.2) is 0 Å². The van der Waals surface area contributed by atoms with E-state index >= 15 is 0 Å². The maximum atomic E-state index is 5.94. The summed E-state index contributed by atoms with van der Waals surface area (Å²) in [5.41, 5.74) is 9.19. The Morgan fingerprint density at radius 1 is 1.43 bits per heavy atom. The molecule has 14 heavy (non-hydrogen) atoms. The smallest absolute Gasteiger partial charge is 0.0630 e. The minimum absolute atomic E-state index is 0.718. The van der Waals surface area contributed by atoms with Crippen LogP contribution in [0.4, 0.5) is 5.69 Å². The van der Waals surface area contributed by atoms with E-state index in [1.807, 2.05) is 6.20 Å². The molecule has 1 aliphatic carbocycles. The molecule has 0 bridgehead atoms. The van der Waals surface area contributed by atoms with Gasteiger partial charge < -0.3 is 5.73 Å². The Labute approximate surface area is 85.5 Å². The molecule has 1 aromatic heterocycles. The first-order chi connectivity index (χ1) is 6.81. The number of aromatic nitrogens is 1. The summed E-state index contributed by atoms with van der Waals surface area (Å²) in [7, 11) is 0. The van der Waals surface area contributed by atoms with Gasteiger partial charge in [0.25, 0.3) is 0 Å². The second-order valence-electron chi connectivity index (χ2n) is 4.14. The lowest BCUT2D eigenvalue weighted by atomic mass is 9.98. The van der Waals surface area contributed by atoms with Crippen molar-refractivity contribution in [1.82, 2.24) is 4.98 Å². The van der Waals surface area contributed by atoms with Crippen LogP contribution >= 0.6 is 0 Å². The Balaban J connectivity index is 2.23. The number of hydrogen-bond donors (Lipinski definition) is 1. The Bertz CT molecular complexity index is 314. The van der Waals surface area contributed by atoms with Gasteiger partial charge in [0, 0.05) is 6.20 Å². The molecule has 1 aliphatic rings. The minimum Gasteiger partial charge on any atom is -0.397 e. The van der Waals surface area contributed by atoms with E-state index in [1.165, 1.54) is 31.2 Å². The highest BCUT2D eigenvalue weighted by Gasteiger charge is 2.17. The topological polar surface area (TPSA) is 38.9 Å². The molecule has 0 amide bonds. The highest BCUT2D eigenvalue weighted by Crippen LogP contribution is 2.34. The molecule has 0 saturated heterocycles. The molecule has 76 valence electrons. The predicted molar refractivity (Wildman–Crippen MR) is 59.2 cm³/mol. The first-order valence-corrected chi connectivity index (χ1v) is 5.55. The third kappa shape index (κ3) is 1.74. The molecule has 2 nitrogen and oxygen atoms in total. The van der Waals surface area contributed by atoms with Gasteiger partial charge in [0.2, 0.25) is 0 Å². The van der Waals surface area contributed by atoms with Gasteiger partial charge in [0.1, 0.15) is 0 Å². The normalized spacial score (nSPS) is 17.5. The summed E-state index contributed by atoms with van der Waals surface area (Å²) in [6.45, 7) is 2.09. The van der Waals surface area contributed by atoms with Crippen LogP contribution in [0.5, 0.6) is 0 Å². The summed E-state index contributed by atoms with van der Waals surface area (Å²) in [6.07, 6.45) is 8.29. The van der Waals surface area contributed by atoms with Crippen molar-refractivity contribution in [3.05, 3.63) is 23.5 Å². The fourth-order valence-electron chi connectivity index (χ4n) is 2.30. The molecule has 1 fully saturated rings. The number of aryl methyl sites for hydroxylation is 1. The standard InChI is InChI=1S/C12H18N2/c1-2-12-11(13)7-10(8-14-12)9-5-3-4-6-9/h7-9H,2-6,13H2,1H3. The van der Waals surface area contributed by atoms with Gasteiger partial charge in [-0.2, -0.15) is 0 Å². The molecule has 1 saturated carbocycles. The molecule has 1 aromatic rings. The third-order valence-electron chi connectivity index (χ3n) is 3.19. The van der Waals surface area contributed by atoms with E-state index in [9.17, 15) is 0 Å². The summed E-state index contributed by atoms with van der Waals surface area (Å²) >= 11 is 0. The number of nitrogens with two attached hydrogens (primary N) is 1. The van der Waals surface area contributed by atoms with Crippen LogP contribution in [0.15, 0.2) is 12.3 Å². The number of pyridine rings is 1. The van der Waals surface area contributed by atoms with Crippen LogP contribution in [0.2, 0.25) is 0 Å². The number of nitrogen functional groups attached to an aromatic ring is 1. The first-order valence-electron chi connectivity index (χ1n) is 5.55. The lowest BCUT2D eigenvalue weighted by Crippen LogP contribution is -2.01. The van der Waals surface area contributed by atoms with E-state index in [2.05, 4.69) is 18.0 Å². The van der Waals surface area contributed by atoms with Crippen molar-refractivity contribution in [3.8, 4) is 0 Å². The predicted octanol–water partition coefficient (Wildman–Crippen LogP) is 2.88. The van der Waals surface area contributed by atoms with Crippen LogP contribution in [-0.4, -0.2) is 4.98 Å². The van der Waals surface area contributed by atoms with Crippen LogP contribution in [0.1, 0.15) is 49.8 Å². The first kappa shape index (κ1) is 9.50. The molecule has 2 heteroatoms. The van der Waals surface area contributed by atoms with Crippen molar-refractivity contribution in [2.45, 2.75) is 44.9 Å². The highest BCUT2D eigenvalue weighted by atomic mass is 14.7. The summed E-state index contributed by atoms with van der Waals surface area (Å²) in [4.78, 5) is 4.42. The van der Waals surface area contributed by atoms with Crippen molar-refractivity contribution in [2.24, 2.45) is 0 Å². The average molecular weight is 190 g/mol. The fraction of sp³-hybridized carbons (Fsp3) is 0.583. The summed E-state index contributed by atoms with van der Waals surface area (Å²) in [5.74, 6) is 0.718. The molecular weight excluding hydrogens is 172 g/mol. The van der Waals surface area contributed by atoms with E-state index in [4.69, 9.17) is 5.73 Å². The molecule has 2 rings (SSSR count). The number of nitrogens with zero attached hydrogens (tertiary/aromatic N) is 1. The Hall–Kier alpha value is -1.05. The molecule has 0 aromatic carbocycles. The zero-order valence-corrected chi connectivity index (χ0v) is 8.79. The van der Waals surface area contributed by atoms with Gasteiger partial charge in [-0.3, -0.25) is 4.98 Å². The lowest BCUT2D eigenvalue weighted by Gasteiger charge is -2.11. The molecule has 0 atom stereocenters. The quantitative estimate of drug-likeness (QED) is 0.778. The van der Waals surface area contributed by atoms with Crippen LogP contribution in [0, 0.1) is 0 Å². The average Bonchev–Trinajstić information content (AvgIpc) is 2.70. The van der Waals surface area contributed by atoms with Crippen molar-refractivity contribution in [2.75, 3.05) is 5.73 Å². The second kappa shape index (κ2) is 3.99. The highest BCUT2D eigenvalue weighted by molar-refractivity contribution is 5.45. The van der Waals surface area contributed by atoms with Gasteiger partial charge >= 0.3 is 0 Å². The van der Waals surface area contributed by atoms with Crippen LogP contribution in [-0.2, 0) is 6.42 Å². The van der Waals surface area contributed by atoms with E-state index in [0.717, 1.165) is 23.7 Å². The Kier molecular flexibility index (Phi) is 2.71. The van der Waals surface area contributed by atoms with Crippen molar-refractivity contribution >= 4 is 5.69 Å². The molecule has 0 unspecified atom stereocenters. The zero-order valence-electron chi connectivity index (χ0n) is 8.79. The molecule has 1 heterocycles. The van der Waals surface area contributed by atoms with Crippen molar-refractivity contribution < 1.29 is 0 Å². The zero-order chi connectivity index (χ0) is 9.97. The lowest BCUT2D eigenvalue weighted by molar-refractivity contribution is 0.718. The van der Waals surface area contributed by atoms with Gasteiger partial charge in [0.15, 0.2) is 0 Å². The van der Waals surface area contributed by atoms with Gasteiger partial charge in [-0.15, -0.1) is 0 Å². The van der Waals surface area contributed by atoms with Crippen LogP contribution in [0.25, 0.3) is 0 Å². The maximum absolute atomic E-state index is 5.94. The second-order valence-corrected chi connectivity index (χ2v) is 4.14. The molecule has 0 radical (unpaired) electrons. The maximum Gasteiger partial charge on any atom is 0.0630 e.